The molecular formula is C19H21F2NO3. The maximum Gasteiger partial charge on any atom is 0.227 e. The van der Waals surface area contributed by atoms with Crippen LogP contribution >= 0.6 is 0 Å². The van der Waals surface area contributed by atoms with Crippen LogP contribution in [-0.2, 0) is 4.79 Å². The first-order valence-electron chi connectivity index (χ1n) is 8.01. The molecule has 25 heavy (non-hydrogen) atoms. The van der Waals surface area contributed by atoms with Crippen LogP contribution in [0.1, 0.15) is 36.5 Å². The van der Waals surface area contributed by atoms with Gasteiger partial charge in [-0.25, -0.2) is 8.78 Å². The Bertz CT molecular complexity index is 699. The predicted octanol–water partition coefficient (Wildman–Crippen LogP) is 3.32. The predicted molar refractivity (Wildman–Crippen MR) is 90.4 cm³/mol. The number of hydrogen-bond acceptors (Lipinski definition) is 3. The first-order chi connectivity index (χ1) is 12.0. The molecule has 2 aromatic rings. The molecule has 2 unspecified atom stereocenters. The second-order valence-electron chi connectivity index (χ2n) is 5.63. The molecule has 134 valence electrons. The Labute approximate surface area is 145 Å². The minimum Gasteiger partial charge on any atom is -0.497 e. The van der Waals surface area contributed by atoms with Crippen LogP contribution < -0.4 is 10.1 Å². The number of amides is 1. The van der Waals surface area contributed by atoms with E-state index in [1.54, 1.807) is 31.4 Å². The molecule has 0 aliphatic heterocycles. The van der Waals surface area contributed by atoms with Crippen LogP contribution in [0.5, 0.6) is 5.75 Å². The number of aliphatic hydroxyl groups is 1. The molecule has 2 aromatic carbocycles. The summed E-state index contributed by atoms with van der Waals surface area (Å²) in [5.74, 6) is -1.75. The van der Waals surface area contributed by atoms with E-state index in [4.69, 9.17) is 4.74 Å². The zero-order valence-electron chi connectivity index (χ0n) is 14.1. The van der Waals surface area contributed by atoms with E-state index in [2.05, 4.69) is 5.32 Å². The summed E-state index contributed by atoms with van der Waals surface area (Å²) in [6.45, 7) is 1.59. The van der Waals surface area contributed by atoms with E-state index in [-0.39, 0.29) is 12.5 Å². The van der Waals surface area contributed by atoms with Crippen molar-refractivity contribution in [2.45, 2.75) is 25.4 Å². The standard InChI is InChI=1S/C19H21F2NO3/c1-3-14(12-7-9-13(25-2)10-8-12)19(24)22-11-17(23)18-15(20)5-4-6-16(18)21/h4-10,14,17,23H,3,11H2,1-2H3,(H,22,24). The number of methoxy groups -OCH3 is 1. The molecule has 0 bridgehead atoms. The number of nitrogens with one attached hydrogen (secondary N) is 1. The SMILES string of the molecule is CCC(C(=O)NCC(O)c1c(F)cccc1F)c1ccc(OC)cc1. The fraction of sp³-hybridized carbons (Fsp3) is 0.316. The van der Waals surface area contributed by atoms with Crippen LogP contribution in [0.15, 0.2) is 42.5 Å². The van der Waals surface area contributed by atoms with E-state index >= 15 is 0 Å². The molecule has 2 atom stereocenters. The number of ether oxygens (including phenoxy) is 1. The van der Waals surface area contributed by atoms with E-state index in [1.165, 1.54) is 6.07 Å². The van der Waals surface area contributed by atoms with E-state index in [9.17, 15) is 18.7 Å². The van der Waals surface area contributed by atoms with Crippen LogP contribution in [0.25, 0.3) is 0 Å². The quantitative estimate of drug-likeness (QED) is 0.806. The summed E-state index contributed by atoms with van der Waals surface area (Å²) in [7, 11) is 1.56. The molecule has 0 spiro atoms. The molecule has 0 fully saturated rings. The van der Waals surface area contributed by atoms with Gasteiger partial charge in [-0.15, -0.1) is 0 Å². The van der Waals surface area contributed by atoms with Gasteiger partial charge in [0.2, 0.25) is 5.91 Å². The van der Waals surface area contributed by atoms with Crippen LogP contribution in [0, 0.1) is 11.6 Å². The fourth-order valence-electron chi connectivity index (χ4n) is 2.66. The molecule has 2 rings (SSSR count). The molecule has 0 aliphatic rings. The number of carbonyl (C=O) groups is 1. The van der Waals surface area contributed by atoms with Gasteiger partial charge in [0.1, 0.15) is 23.5 Å². The summed E-state index contributed by atoms with van der Waals surface area (Å²) in [6.07, 6.45) is -0.916. The van der Waals surface area contributed by atoms with Crippen molar-refractivity contribution in [2.24, 2.45) is 0 Å². The van der Waals surface area contributed by atoms with Gasteiger partial charge >= 0.3 is 0 Å². The lowest BCUT2D eigenvalue weighted by Gasteiger charge is -2.18. The Morgan fingerprint density at radius 1 is 1.16 bits per heavy atom. The fourth-order valence-corrected chi connectivity index (χ4v) is 2.66. The lowest BCUT2D eigenvalue weighted by Crippen LogP contribution is -2.33. The lowest BCUT2D eigenvalue weighted by atomic mass is 9.95. The monoisotopic (exact) mass is 349 g/mol. The largest absolute Gasteiger partial charge is 0.497 e. The molecular weight excluding hydrogens is 328 g/mol. The highest BCUT2D eigenvalue weighted by atomic mass is 19.1. The van der Waals surface area contributed by atoms with Gasteiger partial charge in [0.15, 0.2) is 0 Å². The normalized spacial score (nSPS) is 13.2. The third-order valence-corrected chi connectivity index (χ3v) is 4.05. The van der Waals surface area contributed by atoms with Crippen molar-refractivity contribution in [1.29, 1.82) is 0 Å². The van der Waals surface area contributed by atoms with Gasteiger partial charge in [-0.3, -0.25) is 4.79 Å². The molecule has 0 heterocycles. The minimum atomic E-state index is -1.46. The number of rotatable bonds is 7. The van der Waals surface area contributed by atoms with Gasteiger partial charge in [-0.1, -0.05) is 25.1 Å². The third-order valence-electron chi connectivity index (χ3n) is 4.05. The van der Waals surface area contributed by atoms with Crippen LogP contribution in [0.3, 0.4) is 0 Å². The van der Waals surface area contributed by atoms with E-state index in [0.717, 1.165) is 17.7 Å². The Balaban J connectivity index is 2.04. The van der Waals surface area contributed by atoms with Crippen molar-refractivity contribution in [3.8, 4) is 5.75 Å². The molecule has 0 aliphatic carbocycles. The second kappa shape index (κ2) is 8.58. The van der Waals surface area contributed by atoms with Crippen molar-refractivity contribution in [3.63, 3.8) is 0 Å². The van der Waals surface area contributed by atoms with Crippen LogP contribution in [-0.4, -0.2) is 24.7 Å². The highest BCUT2D eigenvalue weighted by Crippen LogP contribution is 2.24. The number of halogens is 2. The molecule has 0 aromatic heterocycles. The van der Waals surface area contributed by atoms with E-state index < -0.39 is 29.2 Å². The van der Waals surface area contributed by atoms with Crippen molar-refractivity contribution < 1.29 is 23.4 Å². The molecule has 0 radical (unpaired) electrons. The van der Waals surface area contributed by atoms with E-state index in [1.807, 2.05) is 6.92 Å². The minimum absolute atomic E-state index is 0.274. The van der Waals surface area contributed by atoms with Crippen molar-refractivity contribution in [3.05, 3.63) is 65.2 Å². The van der Waals surface area contributed by atoms with Gasteiger partial charge in [0.25, 0.3) is 0 Å². The first kappa shape index (κ1) is 18.9. The topological polar surface area (TPSA) is 58.6 Å². The Kier molecular flexibility index (Phi) is 6.47. The zero-order chi connectivity index (χ0) is 18.4. The summed E-state index contributed by atoms with van der Waals surface area (Å²) < 4.78 is 32.4. The van der Waals surface area contributed by atoms with Gasteiger partial charge in [0, 0.05) is 6.54 Å². The van der Waals surface area contributed by atoms with Crippen molar-refractivity contribution >= 4 is 5.91 Å². The first-order valence-corrected chi connectivity index (χ1v) is 8.01. The Hall–Kier alpha value is -2.47. The Morgan fingerprint density at radius 2 is 1.76 bits per heavy atom. The Morgan fingerprint density at radius 3 is 2.28 bits per heavy atom. The van der Waals surface area contributed by atoms with Gasteiger partial charge in [0.05, 0.1) is 18.6 Å². The average Bonchev–Trinajstić information content (AvgIpc) is 2.61. The summed E-state index contributed by atoms with van der Waals surface area (Å²) in [4.78, 5) is 12.4. The van der Waals surface area contributed by atoms with E-state index in [0.29, 0.717) is 12.2 Å². The van der Waals surface area contributed by atoms with Gasteiger partial charge in [-0.2, -0.15) is 0 Å². The van der Waals surface area contributed by atoms with Gasteiger partial charge < -0.3 is 15.2 Å². The van der Waals surface area contributed by atoms with Crippen molar-refractivity contribution in [2.75, 3.05) is 13.7 Å². The summed E-state index contributed by atoms with van der Waals surface area (Å²) >= 11 is 0. The number of carbonyl (C=O) groups excluding carboxylic acids is 1. The van der Waals surface area contributed by atoms with Crippen LogP contribution in [0.2, 0.25) is 0 Å². The number of aliphatic hydroxyl groups excluding tert-OH is 1. The second-order valence-corrected chi connectivity index (χ2v) is 5.63. The number of hydrogen-bond donors (Lipinski definition) is 2. The molecule has 6 heteroatoms. The summed E-state index contributed by atoms with van der Waals surface area (Å²) in [5.41, 5.74) is 0.354. The molecule has 1 amide bonds. The smallest absolute Gasteiger partial charge is 0.227 e. The van der Waals surface area contributed by atoms with Crippen LogP contribution in [0.4, 0.5) is 8.78 Å². The molecule has 0 saturated heterocycles. The third kappa shape index (κ3) is 4.54. The zero-order valence-corrected chi connectivity index (χ0v) is 14.1. The molecule has 4 nitrogen and oxygen atoms in total. The maximum atomic E-state index is 13.7. The summed E-state index contributed by atoms with van der Waals surface area (Å²) in [5, 5.41) is 12.6. The lowest BCUT2D eigenvalue weighted by molar-refractivity contribution is -0.123. The highest BCUT2D eigenvalue weighted by Gasteiger charge is 2.22. The highest BCUT2D eigenvalue weighted by molar-refractivity contribution is 5.83. The van der Waals surface area contributed by atoms with Gasteiger partial charge in [-0.05, 0) is 36.2 Å². The average molecular weight is 349 g/mol. The number of benzene rings is 2. The summed E-state index contributed by atoms with van der Waals surface area (Å²) in [6, 6.07) is 10.4. The molecule has 0 saturated carbocycles. The maximum absolute atomic E-state index is 13.7. The molecule has 2 N–H and O–H groups in total. The van der Waals surface area contributed by atoms with Crippen molar-refractivity contribution in [1.82, 2.24) is 5.32 Å².